The molecule has 1 saturated heterocycles. The van der Waals surface area contributed by atoms with Crippen molar-refractivity contribution < 1.29 is 14.2 Å². The number of ether oxygens (including phenoxy) is 1. The van der Waals surface area contributed by atoms with Crippen LogP contribution >= 0.6 is 0 Å². The molecule has 0 unspecified atom stereocenters. The SMILES string of the molecule is N[C@H]1COCC[C@H]1Nc1nc(-c2cnn(C3CC3)c2)c2c(O)[nH]cc2c1F. The van der Waals surface area contributed by atoms with E-state index in [1.165, 1.54) is 6.20 Å². The Hall–Kier alpha value is -2.65. The van der Waals surface area contributed by atoms with Crippen molar-refractivity contribution in [3.63, 3.8) is 0 Å². The predicted octanol–water partition coefficient (Wildman–Crippen LogP) is 2.13. The molecule has 0 radical (unpaired) electrons. The maximum atomic E-state index is 15.1. The molecule has 3 aromatic rings. The number of hydrogen-bond acceptors (Lipinski definition) is 6. The van der Waals surface area contributed by atoms with Crippen molar-refractivity contribution in [2.45, 2.75) is 37.4 Å². The molecule has 27 heavy (non-hydrogen) atoms. The molecule has 0 bridgehead atoms. The minimum atomic E-state index is -0.515. The van der Waals surface area contributed by atoms with Gasteiger partial charge in [0, 0.05) is 42.0 Å². The zero-order valence-corrected chi connectivity index (χ0v) is 14.7. The normalized spacial score (nSPS) is 23.0. The quantitative estimate of drug-likeness (QED) is 0.558. The number of nitrogens with two attached hydrogens (primary N) is 1. The van der Waals surface area contributed by atoms with Gasteiger partial charge >= 0.3 is 0 Å². The highest BCUT2D eigenvalue weighted by Crippen LogP contribution is 2.39. The lowest BCUT2D eigenvalue weighted by Crippen LogP contribution is -2.47. The number of hydrogen-bond donors (Lipinski definition) is 4. The number of aromatic nitrogens is 4. The molecule has 1 aliphatic carbocycles. The third-order valence-corrected chi connectivity index (χ3v) is 5.28. The molecular formula is C18H21FN6O2. The Morgan fingerprint density at radius 1 is 1.37 bits per heavy atom. The van der Waals surface area contributed by atoms with E-state index in [0.29, 0.717) is 36.8 Å². The first kappa shape index (κ1) is 16.5. The summed E-state index contributed by atoms with van der Waals surface area (Å²) in [5.41, 5.74) is 7.31. The van der Waals surface area contributed by atoms with Crippen molar-refractivity contribution >= 4 is 16.6 Å². The Morgan fingerprint density at radius 2 is 2.22 bits per heavy atom. The summed E-state index contributed by atoms with van der Waals surface area (Å²) in [5.74, 6) is -0.503. The summed E-state index contributed by atoms with van der Waals surface area (Å²) < 4.78 is 22.3. The van der Waals surface area contributed by atoms with Gasteiger partial charge in [0.15, 0.2) is 17.5 Å². The van der Waals surface area contributed by atoms with Crippen LogP contribution in [0.15, 0.2) is 18.6 Å². The number of fused-ring (bicyclic) bond motifs is 1. The molecule has 0 aromatic carbocycles. The van der Waals surface area contributed by atoms with Crippen molar-refractivity contribution in [2.75, 3.05) is 18.5 Å². The first-order chi connectivity index (χ1) is 13.1. The van der Waals surface area contributed by atoms with Gasteiger partial charge in [-0.2, -0.15) is 5.10 Å². The number of nitrogens with zero attached hydrogens (tertiary/aromatic N) is 3. The molecule has 2 aliphatic rings. The lowest BCUT2D eigenvalue weighted by Gasteiger charge is -2.30. The van der Waals surface area contributed by atoms with Gasteiger partial charge < -0.3 is 25.9 Å². The summed E-state index contributed by atoms with van der Waals surface area (Å²) in [5, 5.41) is 18.4. The van der Waals surface area contributed by atoms with Gasteiger partial charge in [-0.1, -0.05) is 0 Å². The highest BCUT2D eigenvalue weighted by molar-refractivity contribution is 6.00. The van der Waals surface area contributed by atoms with E-state index in [9.17, 15) is 5.11 Å². The summed E-state index contributed by atoms with van der Waals surface area (Å²) in [4.78, 5) is 7.19. The van der Waals surface area contributed by atoms with E-state index in [2.05, 4.69) is 20.4 Å². The smallest absolute Gasteiger partial charge is 0.198 e. The number of pyridine rings is 1. The third-order valence-electron chi connectivity index (χ3n) is 5.28. The molecule has 3 aromatic heterocycles. The largest absolute Gasteiger partial charge is 0.494 e. The summed E-state index contributed by atoms with van der Waals surface area (Å²) in [6, 6.07) is 0.0523. The standard InChI is InChI=1S/C18H21FN6O2/c19-15-11-6-21-18(26)14(11)16(9-5-22-25(7-9)10-1-2-10)24-17(15)23-13-3-4-27-8-12(13)20/h5-7,10,12-13,21,23,26H,1-4,8,20H2/t12-,13+/m0/s1. The van der Waals surface area contributed by atoms with Crippen molar-refractivity contribution in [3.05, 3.63) is 24.4 Å². The van der Waals surface area contributed by atoms with Crippen LogP contribution in [-0.4, -0.2) is 50.2 Å². The molecule has 2 fully saturated rings. The molecule has 2 atom stereocenters. The first-order valence-corrected chi connectivity index (χ1v) is 9.15. The molecule has 5 N–H and O–H groups in total. The molecule has 4 heterocycles. The maximum absolute atomic E-state index is 15.1. The predicted molar refractivity (Wildman–Crippen MR) is 98.0 cm³/mol. The highest BCUT2D eigenvalue weighted by atomic mass is 19.1. The van der Waals surface area contributed by atoms with Gasteiger partial charge in [0.05, 0.1) is 29.9 Å². The topological polar surface area (TPSA) is 114 Å². The van der Waals surface area contributed by atoms with Crippen molar-refractivity contribution in [3.8, 4) is 17.1 Å². The number of halogens is 1. The molecule has 1 saturated carbocycles. The fourth-order valence-corrected chi connectivity index (χ4v) is 3.59. The van der Waals surface area contributed by atoms with Crippen LogP contribution in [0.2, 0.25) is 0 Å². The summed E-state index contributed by atoms with van der Waals surface area (Å²) in [6.45, 7) is 0.995. The zero-order chi connectivity index (χ0) is 18.5. The van der Waals surface area contributed by atoms with Gasteiger partial charge in [-0.05, 0) is 19.3 Å². The molecule has 0 amide bonds. The molecular weight excluding hydrogens is 351 g/mol. The summed E-state index contributed by atoms with van der Waals surface area (Å²) in [7, 11) is 0. The second-order valence-corrected chi connectivity index (χ2v) is 7.27. The second kappa shape index (κ2) is 6.21. The lowest BCUT2D eigenvalue weighted by molar-refractivity contribution is 0.0751. The number of nitrogens with one attached hydrogen (secondary N) is 2. The van der Waals surface area contributed by atoms with Gasteiger partial charge in [0.2, 0.25) is 0 Å². The van der Waals surface area contributed by atoms with Crippen LogP contribution in [-0.2, 0) is 4.74 Å². The lowest BCUT2D eigenvalue weighted by atomic mass is 10.0. The second-order valence-electron chi connectivity index (χ2n) is 7.27. The van der Waals surface area contributed by atoms with Crippen LogP contribution in [0.5, 0.6) is 5.88 Å². The van der Waals surface area contributed by atoms with Crippen LogP contribution in [0.25, 0.3) is 22.0 Å². The van der Waals surface area contributed by atoms with Gasteiger partial charge in [0.1, 0.15) is 0 Å². The maximum Gasteiger partial charge on any atom is 0.198 e. The number of H-pyrrole nitrogens is 1. The van der Waals surface area contributed by atoms with Crippen LogP contribution < -0.4 is 11.1 Å². The Morgan fingerprint density at radius 3 is 3.00 bits per heavy atom. The van der Waals surface area contributed by atoms with Gasteiger partial charge in [-0.15, -0.1) is 0 Å². The van der Waals surface area contributed by atoms with Gasteiger partial charge in [-0.25, -0.2) is 9.37 Å². The van der Waals surface area contributed by atoms with Crippen molar-refractivity contribution in [2.24, 2.45) is 5.73 Å². The zero-order valence-electron chi connectivity index (χ0n) is 14.7. The average molecular weight is 372 g/mol. The van der Waals surface area contributed by atoms with E-state index in [4.69, 9.17) is 10.5 Å². The van der Waals surface area contributed by atoms with E-state index in [1.807, 2.05) is 10.9 Å². The van der Waals surface area contributed by atoms with E-state index in [0.717, 1.165) is 18.4 Å². The molecule has 8 nitrogen and oxygen atoms in total. The first-order valence-electron chi connectivity index (χ1n) is 9.15. The Balaban J connectivity index is 1.60. The Bertz CT molecular complexity index is 995. The summed E-state index contributed by atoms with van der Waals surface area (Å²) >= 11 is 0. The fraction of sp³-hybridized carbons (Fsp3) is 0.444. The monoisotopic (exact) mass is 372 g/mol. The van der Waals surface area contributed by atoms with Crippen molar-refractivity contribution in [1.82, 2.24) is 19.7 Å². The molecule has 9 heteroatoms. The van der Waals surface area contributed by atoms with Crippen LogP contribution in [0.4, 0.5) is 10.2 Å². The fourth-order valence-electron chi connectivity index (χ4n) is 3.59. The minimum absolute atomic E-state index is 0.111. The van der Waals surface area contributed by atoms with E-state index in [1.54, 1.807) is 6.20 Å². The van der Waals surface area contributed by atoms with E-state index < -0.39 is 5.82 Å². The highest BCUT2D eigenvalue weighted by Gasteiger charge is 2.28. The molecule has 142 valence electrons. The number of anilines is 1. The number of aromatic amines is 1. The van der Waals surface area contributed by atoms with Crippen LogP contribution in [0.1, 0.15) is 25.3 Å². The van der Waals surface area contributed by atoms with Crippen molar-refractivity contribution in [1.29, 1.82) is 0 Å². The average Bonchev–Trinajstić information content (AvgIpc) is 3.27. The van der Waals surface area contributed by atoms with E-state index >= 15 is 4.39 Å². The molecule has 1 aliphatic heterocycles. The van der Waals surface area contributed by atoms with Gasteiger partial charge in [0.25, 0.3) is 0 Å². The van der Waals surface area contributed by atoms with Crippen LogP contribution in [0, 0.1) is 5.82 Å². The number of rotatable bonds is 4. The Kier molecular flexibility index (Phi) is 3.80. The van der Waals surface area contributed by atoms with Gasteiger partial charge in [-0.3, -0.25) is 4.68 Å². The third kappa shape index (κ3) is 2.83. The molecule has 5 rings (SSSR count). The van der Waals surface area contributed by atoms with Crippen LogP contribution in [0.3, 0.4) is 0 Å². The Labute approximate surface area is 154 Å². The van der Waals surface area contributed by atoms with E-state index in [-0.39, 0.29) is 29.2 Å². The minimum Gasteiger partial charge on any atom is -0.494 e. The molecule has 0 spiro atoms. The number of aromatic hydroxyl groups is 1. The summed E-state index contributed by atoms with van der Waals surface area (Å²) in [6.07, 6.45) is 7.94.